The topological polar surface area (TPSA) is 63.7 Å². The number of amides is 2. The quantitative estimate of drug-likeness (QED) is 0.358. The van der Waals surface area contributed by atoms with Gasteiger partial charge in [0, 0.05) is 18.1 Å². The molecular formula is C26H28ClNO4. The minimum Gasteiger partial charge on any atom is -0.494 e. The molecule has 0 saturated heterocycles. The van der Waals surface area contributed by atoms with Gasteiger partial charge in [-0.2, -0.15) is 0 Å². The molecule has 2 aromatic rings. The Balaban J connectivity index is 1.90. The molecule has 3 rings (SSSR count). The smallest absolute Gasteiger partial charge is 0.267 e. The molecule has 0 bridgehead atoms. The molecule has 5 nitrogen and oxygen atoms in total. The molecule has 0 spiro atoms. The molecule has 0 saturated carbocycles. The van der Waals surface area contributed by atoms with E-state index in [4.69, 9.17) is 16.3 Å². The Morgan fingerprint density at radius 1 is 1.03 bits per heavy atom. The fourth-order valence-corrected chi connectivity index (χ4v) is 4.18. The molecule has 1 aliphatic heterocycles. The van der Waals surface area contributed by atoms with Crippen LogP contribution in [0.1, 0.15) is 68.4 Å². The van der Waals surface area contributed by atoms with Crippen LogP contribution in [-0.2, 0) is 9.59 Å². The van der Waals surface area contributed by atoms with E-state index in [1.807, 2.05) is 12.1 Å². The van der Waals surface area contributed by atoms with Crippen LogP contribution in [0.15, 0.2) is 42.5 Å². The first-order valence-corrected chi connectivity index (χ1v) is 11.3. The highest BCUT2D eigenvalue weighted by Crippen LogP contribution is 2.43. The lowest BCUT2D eigenvalue weighted by Crippen LogP contribution is -2.31. The summed E-state index contributed by atoms with van der Waals surface area (Å²) in [5.74, 6) is 0.313. The average molecular weight is 454 g/mol. The van der Waals surface area contributed by atoms with E-state index < -0.39 is 11.8 Å². The van der Waals surface area contributed by atoms with Gasteiger partial charge in [0.15, 0.2) is 5.78 Å². The molecule has 0 aromatic heterocycles. The van der Waals surface area contributed by atoms with Gasteiger partial charge in [-0.25, -0.2) is 4.90 Å². The molecule has 1 aliphatic rings. The van der Waals surface area contributed by atoms with Gasteiger partial charge < -0.3 is 4.74 Å². The summed E-state index contributed by atoms with van der Waals surface area (Å²) >= 11 is 6.67. The number of carbonyl (C=O) groups excluding carboxylic acids is 3. The zero-order valence-electron chi connectivity index (χ0n) is 18.9. The van der Waals surface area contributed by atoms with Crippen LogP contribution in [0.3, 0.4) is 0 Å². The number of carbonyl (C=O) groups is 3. The molecule has 1 heterocycles. The lowest BCUT2D eigenvalue weighted by molar-refractivity contribution is -0.122. The van der Waals surface area contributed by atoms with Crippen molar-refractivity contribution in [3.8, 4) is 5.75 Å². The van der Waals surface area contributed by atoms with E-state index in [9.17, 15) is 14.4 Å². The fourth-order valence-electron chi connectivity index (χ4n) is 3.87. The number of nitrogens with zero attached hydrogens (tertiary/aromatic N) is 1. The Morgan fingerprint density at radius 2 is 1.69 bits per heavy atom. The SMILES string of the molecule is CCCC(C)CCOc1ccc(/C(Cl)=C2/C(=O)N(C(C)=O)c3ccc(C(C)=O)cc32)cc1. The third-order valence-corrected chi connectivity index (χ3v) is 6.04. The number of hydrogen-bond donors (Lipinski definition) is 0. The monoisotopic (exact) mass is 453 g/mol. The van der Waals surface area contributed by atoms with Gasteiger partial charge in [-0.15, -0.1) is 0 Å². The second-order valence-electron chi connectivity index (χ2n) is 8.19. The van der Waals surface area contributed by atoms with Crippen LogP contribution in [0.2, 0.25) is 0 Å². The lowest BCUT2D eigenvalue weighted by Gasteiger charge is -2.12. The molecule has 2 aromatic carbocycles. The van der Waals surface area contributed by atoms with Crippen LogP contribution in [0, 0.1) is 5.92 Å². The van der Waals surface area contributed by atoms with Crippen LogP contribution in [-0.4, -0.2) is 24.2 Å². The number of halogens is 1. The van der Waals surface area contributed by atoms with Gasteiger partial charge in [-0.3, -0.25) is 14.4 Å². The predicted octanol–water partition coefficient (Wildman–Crippen LogP) is 6.09. The van der Waals surface area contributed by atoms with E-state index in [-0.39, 0.29) is 16.4 Å². The van der Waals surface area contributed by atoms with Crippen molar-refractivity contribution >= 4 is 45.5 Å². The van der Waals surface area contributed by atoms with Gasteiger partial charge in [0.2, 0.25) is 5.91 Å². The maximum absolute atomic E-state index is 13.1. The van der Waals surface area contributed by atoms with Crippen LogP contribution in [0.25, 0.3) is 10.6 Å². The van der Waals surface area contributed by atoms with Crippen LogP contribution in [0.5, 0.6) is 5.75 Å². The Morgan fingerprint density at radius 3 is 2.28 bits per heavy atom. The molecule has 2 amide bonds. The average Bonchev–Trinajstić information content (AvgIpc) is 3.05. The van der Waals surface area contributed by atoms with Crippen molar-refractivity contribution in [1.29, 1.82) is 0 Å². The van der Waals surface area contributed by atoms with Crippen molar-refractivity contribution in [1.82, 2.24) is 0 Å². The van der Waals surface area contributed by atoms with Crippen LogP contribution in [0.4, 0.5) is 5.69 Å². The maximum Gasteiger partial charge on any atom is 0.267 e. The number of hydrogen-bond acceptors (Lipinski definition) is 4. The van der Waals surface area contributed by atoms with Gasteiger partial charge >= 0.3 is 0 Å². The third kappa shape index (κ3) is 4.94. The predicted molar refractivity (Wildman–Crippen MR) is 128 cm³/mol. The summed E-state index contributed by atoms with van der Waals surface area (Å²) in [4.78, 5) is 38.2. The molecule has 6 heteroatoms. The van der Waals surface area contributed by atoms with E-state index in [1.165, 1.54) is 26.7 Å². The van der Waals surface area contributed by atoms with Crippen molar-refractivity contribution in [3.63, 3.8) is 0 Å². The number of Topliss-reactive ketones (excluding diaryl/α,β-unsaturated/α-hetero) is 1. The molecule has 32 heavy (non-hydrogen) atoms. The van der Waals surface area contributed by atoms with Crippen molar-refractivity contribution < 1.29 is 19.1 Å². The summed E-state index contributed by atoms with van der Waals surface area (Å²) in [6.07, 6.45) is 3.34. The van der Waals surface area contributed by atoms with Crippen LogP contribution >= 0.6 is 11.6 Å². The summed E-state index contributed by atoms with van der Waals surface area (Å²) in [7, 11) is 0. The van der Waals surface area contributed by atoms with E-state index in [0.29, 0.717) is 34.9 Å². The third-order valence-electron chi connectivity index (χ3n) is 5.63. The minimum absolute atomic E-state index is 0.133. The summed E-state index contributed by atoms with van der Waals surface area (Å²) in [6.45, 7) is 7.82. The Kier molecular flexibility index (Phi) is 7.52. The van der Waals surface area contributed by atoms with Gasteiger partial charge in [-0.1, -0.05) is 38.3 Å². The first kappa shape index (κ1) is 23.7. The largest absolute Gasteiger partial charge is 0.494 e. The fraction of sp³-hybridized carbons (Fsp3) is 0.346. The Hall–Kier alpha value is -2.92. The number of fused-ring (bicyclic) bond motifs is 1. The highest BCUT2D eigenvalue weighted by atomic mass is 35.5. The van der Waals surface area contributed by atoms with E-state index in [2.05, 4.69) is 13.8 Å². The second kappa shape index (κ2) is 10.1. The molecule has 1 unspecified atom stereocenters. The number of benzene rings is 2. The summed E-state index contributed by atoms with van der Waals surface area (Å²) in [5, 5.41) is 0.226. The van der Waals surface area contributed by atoms with Gasteiger partial charge in [0.25, 0.3) is 5.91 Å². The molecule has 0 radical (unpaired) electrons. The van der Waals surface area contributed by atoms with E-state index in [0.717, 1.165) is 17.1 Å². The van der Waals surface area contributed by atoms with Gasteiger partial charge in [0.05, 0.1) is 22.9 Å². The minimum atomic E-state index is -0.497. The highest BCUT2D eigenvalue weighted by molar-refractivity contribution is 6.60. The zero-order valence-corrected chi connectivity index (χ0v) is 19.7. The molecule has 1 atom stereocenters. The lowest BCUT2D eigenvalue weighted by atomic mass is 10.00. The molecule has 0 fully saturated rings. The summed E-state index contributed by atoms with van der Waals surface area (Å²) in [5.41, 5.74) is 2.20. The first-order valence-electron chi connectivity index (χ1n) is 10.9. The van der Waals surface area contributed by atoms with Crippen molar-refractivity contribution in [2.24, 2.45) is 5.92 Å². The number of imide groups is 1. The van der Waals surface area contributed by atoms with Crippen molar-refractivity contribution in [2.45, 2.75) is 47.0 Å². The standard InChI is InChI=1S/C26H28ClNO4/c1-5-6-16(2)13-14-32-21-10-7-19(8-11-21)25(27)24-22-15-20(17(3)29)9-12-23(22)28(18(4)30)26(24)31/h7-12,15-16H,5-6,13-14H2,1-4H3/b25-24-. The zero-order chi connectivity index (χ0) is 23.4. The maximum atomic E-state index is 13.1. The molecule has 168 valence electrons. The number of rotatable bonds is 8. The number of ether oxygens (including phenoxy) is 1. The van der Waals surface area contributed by atoms with E-state index >= 15 is 0 Å². The Bertz CT molecular complexity index is 1070. The van der Waals surface area contributed by atoms with Crippen molar-refractivity contribution in [2.75, 3.05) is 11.5 Å². The molecular weight excluding hydrogens is 426 g/mol. The first-order chi connectivity index (χ1) is 15.2. The summed E-state index contributed by atoms with van der Waals surface area (Å²) in [6, 6.07) is 12.0. The molecule has 0 aliphatic carbocycles. The number of anilines is 1. The molecule has 0 N–H and O–H groups in total. The Labute approximate surface area is 194 Å². The van der Waals surface area contributed by atoms with Crippen LogP contribution < -0.4 is 9.64 Å². The highest BCUT2D eigenvalue weighted by Gasteiger charge is 2.37. The van der Waals surface area contributed by atoms with Gasteiger partial charge in [0.1, 0.15) is 5.75 Å². The van der Waals surface area contributed by atoms with Crippen molar-refractivity contribution in [3.05, 3.63) is 59.2 Å². The summed E-state index contributed by atoms with van der Waals surface area (Å²) < 4.78 is 5.83. The van der Waals surface area contributed by atoms with Gasteiger partial charge in [-0.05, 0) is 67.3 Å². The van der Waals surface area contributed by atoms with E-state index in [1.54, 1.807) is 30.3 Å². The normalized spacial score (nSPS) is 15.4. The second-order valence-corrected chi connectivity index (χ2v) is 8.57. The number of ketones is 1.